The van der Waals surface area contributed by atoms with Crippen LogP contribution in [-0.2, 0) is 4.74 Å². The van der Waals surface area contributed by atoms with Gasteiger partial charge in [0.2, 0.25) is 0 Å². The summed E-state index contributed by atoms with van der Waals surface area (Å²) in [4.78, 5) is 27.2. The lowest BCUT2D eigenvalue weighted by Gasteiger charge is -2.34. The zero-order valence-electron chi connectivity index (χ0n) is 18.9. The van der Waals surface area contributed by atoms with Crippen molar-refractivity contribution in [2.45, 2.75) is 39.2 Å². The van der Waals surface area contributed by atoms with Crippen LogP contribution < -0.4 is 10.8 Å². The molecule has 0 spiro atoms. The average Bonchev–Trinajstić information content (AvgIpc) is 3.19. The number of nitrogens with zero attached hydrogens (tertiary/aromatic N) is 5. The summed E-state index contributed by atoms with van der Waals surface area (Å²) in [6.07, 6.45) is 5.81. The minimum atomic E-state index is -0.542. The number of rotatable bonds is 5. The van der Waals surface area contributed by atoms with E-state index in [1.54, 1.807) is 21.6 Å². The molecule has 33 heavy (non-hydrogen) atoms. The van der Waals surface area contributed by atoms with Crippen LogP contribution in [0.15, 0.2) is 30.7 Å². The lowest BCUT2D eigenvalue weighted by Crippen LogP contribution is -2.70. The third-order valence-corrected chi connectivity index (χ3v) is 5.37. The number of hydrogen-bond donors (Lipinski definition) is 2. The van der Waals surface area contributed by atoms with Gasteiger partial charge >= 0.3 is 6.09 Å². The highest BCUT2D eigenvalue weighted by atomic mass is 19.1. The molecule has 1 aliphatic rings. The predicted octanol–water partition coefficient (Wildman–Crippen LogP) is 2.68. The van der Waals surface area contributed by atoms with Gasteiger partial charge in [-0.2, -0.15) is 0 Å². The maximum absolute atomic E-state index is 13.7. The second-order valence-electron chi connectivity index (χ2n) is 9.15. The Labute approximate surface area is 190 Å². The highest BCUT2D eigenvalue weighted by Crippen LogP contribution is 2.24. The summed E-state index contributed by atoms with van der Waals surface area (Å²) in [7, 11) is 0. The number of carbonyl (C=O) groups excluding carboxylic acids is 1. The quantitative estimate of drug-likeness (QED) is 0.565. The van der Waals surface area contributed by atoms with Crippen molar-refractivity contribution in [1.82, 2.24) is 24.3 Å². The molecular formula is C22H28FN7O3. The van der Waals surface area contributed by atoms with Crippen molar-refractivity contribution in [3.05, 3.63) is 41.7 Å². The molecule has 1 amide bonds. The van der Waals surface area contributed by atoms with Gasteiger partial charge in [-0.1, -0.05) is 0 Å². The topological polar surface area (TPSA) is 124 Å². The molecule has 4 rings (SSSR count). The molecular weight excluding hydrogens is 429 g/mol. The van der Waals surface area contributed by atoms with Gasteiger partial charge in [0.15, 0.2) is 17.3 Å². The van der Waals surface area contributed by atoms with E-state index in [-0.39, 0.29) is 12.0 Å². The van der Waals surface area contributed by atoms with Crippen molar-refractivity contribution in [3.8, 4) is 11.5 Å². The molecule has 0 aromatic carbocycles. The minimum Gasteiger partial charge on any atom is -0.630 e. The number of imidazole rings is 1. The van der Waals surface area contributed by atoms with E-state index in [0.29, 0.717) is 53.8 Å². The van der Waals surface area contributed by atoms with Crippen molar-refractivity contribution in [1.29, 1.82) is 0 Å². The first kappa shape index (κ1) is 22.9. The SMILES string of the molecule is CC(C)(C)OC(=O)N1CCC[C@H](CNc2nc(-c3cnc4ccc(F)cn34)ncc2[NH2+][O-])C1. The number of pyridine rings is 1. The molecule has 1 aliphatic heterocycles. The normalized spacial score (nSPS) is 16.8. The fourth-order valence-corrected chi connectivity index (χ4v) is 3.83. The number of carbonyl (C=O) groups is 1. The van der Waals surface area contributed by atoms with Crippen LogP contribution in [0.2, 0.25) is 0 Å². The van der Waals surface area contributed by atoms with Crippen LogP contribution >= 0.6 is 0 Å². The molecule has 3 N–H and O–H groups in total. The molecule has 176 valence electrons. The fourth-order valence-electron chi connectivity index (χ4n) is 3.83. The van der Waals surface area contributed by atoms with Crippen molar-refractivity contribution < 1.29 is 19.4 Å². The number of ether oxygens (including phenoxy) is 1. The van der Waals surface area contributed by atoms with Gasteiger partial charge < -0.3 is 25.6 Å². The molecule has 4 heterocycles. The summed E-state index contributed by atoms with van der Waals surface area (Å²) in [5.41, 5.74) is 1.54. The van der Waals surface area contributed by atoms with Crippen molar-refractivity contribution >= 4 is 23.2 Å². The van der Waals surface area contributed by atoms with Crippen LogP contribution in [0.1, 0.15) is 33.6 Å². The Bertz CT molecular complexity index is 1140. The van der Waals surface area contributed by atoms with E-state index in [9.17, 15) is 14.4 Å². The van der Waals surface area contributed by atoms with Gasteiger partial charge in [-0.15, -0.1) is 0 Å². The molecule has 1 saturated heterocycles. The van der Waals surface area contributed by atoms with Gasteiger partial charge in [0, 0.05) is 25.8 Å². The van der Waals surface area contributed by atoms with Gasteiger partial charge in [0.25, 0.3) is 0 Å². The summed E-state index contributed by atoms with van der Waals surface area (Å²) in [5, 5.41) is 14.8. The first-order chi connectivity index (χ1) is 15.7. The van der Waals surface area contributed by atoms with E-state index in [2.05, 4.69) is 20.3 Å². The number of likely N-dealkylation sites (tertiary alicyclic amines) is 1. The average molecular weight is 458 g/mol. The number of anilines is 1. The Morgan fingerprint density at radius 3 is 2.91 bits per heavy atom. The second-order valence-corrected chi connectivity index (χ2v) is 9.15. The maximum Gasteiger partial charge on any atom is 0.410 e. The van der Waals surface area contributed by atoms with E-state index < -0.39 is 11.4 Å². The molecule has 0 radical (unpaired) electrons. The van der Waals surface area contributed by atoms with Gasteiger partial charge in [-0.3, -0.25) is 4.40 Å². The molecule has 10 nitrogen and oxygen atoms in total. The van der Waals surface area contributed by atoms with Crippen LogP contribution in [0.25, 0.3) is 17.2 Å². The van der Waals surface area contributed by atoms with E-state index in [1.807, 2.05) is 20.8 Å². The monoisotopic (exact) mass is 457 g/mol. The van der Waals surface area contributed by atoms with Crippen LogP contribution in [0.4, 0.5) is 20.7 Å². The highest BCUT2D eigenvalue weighted by molar-refractivity contribution is 5.68. The number of aromatic nitrogens is 4. The number of piperidine rings is 1. The van der Waals surface area contributed by atoms with Crippen LogP contribution in [0, 0.1) is 16.9 Å². The second kappa shape index (κ2) is 9.28. The Kier molecular flexibility index (Phi) is 6.43. The number of nitrogens with one attached hydrogen (secondary N) is 1. The first-order valence-corrected chi connectivity index (χ1v) is 10.9. The first-order valence-electron chi connectivity index (χ1n) is 10.9. The zero-order valence-corrected chi connectivity index (χ0v) is 18.9. The van der Waals surface area contributed by atoms with Crippen molar-refractivity contribution in [2.24, 2.45) is 5.92 Å². The number of halogens is 1. The number of fused-ring (bicyclic) bond motifs is 1. The summed E-state index contributed by atoms with van der Waals surface area (Å²) in [6, 6.07) is 2.90. The van der Waals surface area contributed by atoms with Gasteiger partial charge in [0.05, 0.1) is 12.4 Å². The molecule has 3 aromatic rings. The zero-order chi connectivity index (χ0) is 23.6. The van der Waals surface area contributed by atoms with Crippen LogP contribution in [-0.4, -0.2) is 55.6 Å². The van der Waals surface area contributed by atoms with Gasteiger partial charge in [0.1, 0.15) is 22.8 Å². The van der Waals surface area contributed by atoms with E-state index in [0.717, 1.165) is 12.8 Å². The number of hydrogen-bond acceptors (Lipinski definition) is 7. The number of quaternary nitrogens is 1. The molecule has 1 fully saturated rings. The minimum absolute atomic E-state index is 0.175. The third kappa shape index (κ3) is 5.37. The Morgan fingerprint density at radius 1 is 1.33 bits per heavy atom. The van der Waals surface area contributed by atoms with Crippen LogP contribution in [0.3, 0.4) is 0 Å². The van der Waals surface area contributed by atoms with E-state index >= 15 is 0 Å². The number of amides is 1. The summed E-state index contributed by atoms with van der Waals surface area (Å²) in [5.74, 6) is 0.474. The van der Waals surface area contributed by atoms with Crippen LogP contribution in [0.5, 0.6) is 0 Å². The fraction of sp³-hybridized carbons (Fsp3) is 0.455. The molecule has 0 unspecified atom stereocenters. The van der Waals surface area contributed by atoms with Gasteiger partial charge in [-0.05, 0) is 51.7 Å². The largest absolute Gasteiger partial charge is 0.630 e. The summed E-state index contributed by atoms with van der Waals surface area (Å²) >= 11 is 0. The van der Waals surface area contributed by atoms with Crippen molar-refractivity contribution in [3.63, 3.8) is 0 Å². The summed E-state index contributed by atoms with van der Waals surface area (Å²) < 4.78 is 20.8. The lowest BCUT2D eigenvalue weighted by atomic mass is 9.98. The molecule has 0 bridgehead atoms. The Hall–Kier alpha value is -3.31. The Balaban J connectivity index is 1.49. The maximum atomic E-state index is 13.7. The number of nitrogens with two attached hydrogens (primary N) is 1. The summed E-state index contributed by atoms with van der Waals surface area (Å²) in [6.45, 7) is 7.29. The Morgan fingerprint density at radius 2 is 2.15 bits per heavy atom. The van der Waals surface area contributed by atoms with Crippen molar-refractivity contribution in [2.75, 3.05) is 25.0 Å². The smallest absolute Gasteiger partial charge is 0.410 e. The molecule has 3 aromatic heterocycles. The van der Waals surface area contributed by atoms with Gasteiger partial charge in [-0.25, -0.2) is 24.1 Å². The van der Waals surface area contributed by atoms with E-state index in [1.165, 1.54) is 18.5 Å². The standard InChI is InChI=1S/C22H28FN7O3/c1-22(2,3)33-21(31)29-8-4-5-14(12-29)9-25-19-16(28-32)10-26-20(27-19)17-11-24-18-7-6-15(23)13-30(17)18/h6-7,10-11,13-14H,4-5,8-9,12,28H2,1-3H3,(H,25,26,27)/t14-/m1/s1. The highest BCUT2D eigenvalue weighted by Gasteiger charge is 2.28. The lowest BCUT2D eigenvalue weighted by molar-refractivity contribution is -0.496. The third-order valence-electron chi connectivity index (χ3n) is 5.37. The molecule has 1 atom stereocenters. The predicted molar refractivity (Wildman–Crippen MR) is 120 cm³/mol. The van der Waals surface area contributed by atoms with E-state index in [4.69, 9.17) is 4.74 Å². The molecule has 0 aliphatic carbocycles. The molecule has 0 saturated carbocycles. The molecule has 11 heteroatoms.